The molecule has 24 heavy (non-hydrogen) atoms. The predicted octanol–water partition coefficient (Wildman–Crippen LogP) is 1.97. The molecule has 2 aliphatic heterocycles. The van der Waals surface area contributed by atoms with E-state index in [0.717, 1.165) is 19.6 Å². The molecule has 2 heterocycles. The molecule has 0 bridgehead atoms. The maximum absolute atomic E-state index is 12.3. The van der Waals surface area contributed by atoms with Crippen LogP contribution in [-0.4, -0.2) is 68.7 Å². The number of ether oxygens (including phenoxy) is 1. The van der Waals surface area contributed by atoms with E-state index < -0.39 is 0 Å². The third-order valence-electron chi connectivity index (χ3n) is 4.88. The number of anilines is 1. The van der Waals surface area contributed by atoms with Crippen LogP contribution in [0, 0.1) is 0 Å². The van der Waals surface area contributed by atoms with Gasteiger partial charge in [-0.15, -0.1) is 0 Å². The standard InChI is InChI=1S/C19H29N3O2/c1-20(16-19(23)22-11-13-24-14-12-22)15-17-5-7-18(8-6-17)21-9-3-2-4-10-21/h5-8H,2-4,9-16H2,1H3. The molecule has 5 nitrogen and oxygen atoms in total. The topological polar surface area (TPSA) is 36.0 Å². The number of piperidine rings is 1. The van der Waals surface area contributed by atoms with Crippen LogP contribution in [0.1, 0.15) is 24.8 Å². The van der Waals surface area contributed by atoms with Crippen molar-refractivity contribution in [1.82, 2.24) is 9.80 Å². The number of carbonyl (C=O) groups excluding carboxylic acids is 1. The van der Waals surface area contributed by atoms with Crippen LogP contribution >= 0.6 is 0 Å². The van der Waals surface area contributed by atoms with Gasteiger partial charge in [-0.05, 0) is 44.0 Å². The van der Waals surface area contributed by atoms with Crippen molar-refractivity contribution in [2.75, 3.05) is 57.9 Å². The second-order valence-electron chi connectivity index (χ2n) is 6.88. The number of nitrogens with zero attached hydrogens (tertiary/aromatic N) is 3. The fourth-order valence-electron chi connectivity index (χ4n) is 3.48. The number of rotatable bonds is 5. The van der Waals surface area contributed by atoms with Crippen LogP contribution in [0.25, 0.3) is 0 Å². The summed E-state index contributed by atoms with van der Waals surface area (Å²) in [7, 11) is 2.01. The first-order chi connectivity index (χ1) is 11.7. The summed E-state index contributed by atoms with van der Waals surface area (Å²) in [5.41, 5.74) is 2.58. The Morgan fingerprint density at radius 1 is 1.04 bits per heavy atom. The first-order valence-corrected chi connectivity index (χ1v) is 9.10. The highest BCUT2D eigenvalue weighted by atomic mass is 16.5. The third kappa shape index (κ3) is 4.71. The monoisotopic (exact) mass is 331 g/mol. The molecular weight excluding hydrogens is 302 g/mol. The molecule has 1 aromatic rings. The molecule has 0 unspecified atom stereocenters. The third-order valence-corrected chi connectivity index (χ3v) is 4.88. The second kappa shape index (κ2) is 8.49. The van der Waals surface area contributed by atoms with Gasteiger partial charge >= 0.3 is 0 Å². The van der Waals surface area contributed by atoms with Gasteiger partial charge in [-0.25, -0.2) is 0 Å². The Morgan fingerprint density at radius 2 is 1.71 bits per heavy atom. The van der Waals surface area contributed by atoms with Crippen molar-refractivity contribution in [3.05, 3.63) is 29.8 Å². The lowest BCUT2D eigenvalue weighted by Gasteiger charge is -2.29. The summed E-state index contributed by atoms with van der Waals surface area (Å²) in [6.07, 6.45) is 3.96. The SMILES string of the molecule is CN(CC(=O)N1CCOCC1)Cc1ccc(N2CCCCC2)cc1. The highest BCUT2D eigenvalue weighted by molar-refractivity contribution is 5.78. The lowest BCUT2D eigenvalue weighted by molar-refractivity contribution is -0.136. The normalized spacial score (nSPS) is 18.9. The van der Waals surface area contributed by atoms with Gasteiger partial charge in [0.25, 0.3) is 0 Å². The zero-order valence-electron chi connectivity index (χ0n) is 14.7. The molecule has 2 fully saturated rings. The summed E-state index contributed by atoms with van der Waals surface area (Å²) in [5, 5.41) is 0. The van der Waals surface area contributed by atoms with Crippen molar-refractivity contribution in [2.45, 2.75) is 25.8 Å². The van der Waals surface area contributed by atoms with Crippen LogP contribution in [0.4, 0.5) is 5.69 Å². The first-order valence-electron chi connectivity index (χ1n) is 9.10. The Balaban J connectivity index is 1.48. The molecule has 1 amide bonds. The molecule has 0 saturated carbocycles. The highest BCUT2D eigenvalue weighted by Gasteiger charge is 2.18. The summed E-state index contributed by atoms with van der Waals surface area (Å²) < 4.78 is 5.30. The summed E-state index contributed by atoms with van der Waals surface area (Å²) in [6.45, 7) is 6.38. The van der Waals surface area contributed by atoms with E-state index in [-0.39, 0.29) is 5.91 Å². The average molecular weight is 331 g/mol. The van der Waals surface area contributed by atoms with Gasteiger partial charge in [-0.3, -0.25) is 9.69 Å². The first kappa shape index (κ1) is 17.2. The van der Waals surface area contributed by atoms with Gasteiger partial charge in [0.15, 0.2) is 0 Å². The number of hydrogen-bond donors (Lipinski definition) is 0. The van der Waals surface area contributed by atoms with Crippen molar-refractivity contribution in [3.63, 3.8) is 0 Å². The molecule has 2 aliphatic rings. The summed E-state index contributed by atoms with van der Waals surface area (Å²) in [5.74, 6) is 0.200. The lowest BCUT2D eigenvalue weighted by atomic mass is 10.1. The van der Waals surface area contributed by atoms with Gasteiger partial charge in [0, 0.05) is 38.4 Å². The van der Waals surface area contributed by atoms with E-state index >= 15 is 0 Å². The van der Waals surface area contributed by atoms with Crippen LogP contribution in [-0.2, 0) is 16.1 Å². The fraction of sp³-hybridized carbons (Fsp3) is 0.632. The summed E-state index contributed by atoms with van der Waals surface area (Å²) in [4.78, 5) is 18.7. The molecule has 0 N–H and O–H groups in total. The molecular formula is C19H29N3O2. The van der Waals surface area contributed by atoms with Crippen molar-refractivity contribution in [2.24, 2.45) is 0 Å². The molecule has 0 spiro atoms. The molecule has 0 radical (unpaired) electrons. The van der Waals surface area contributed by atoms with E-state index in [1.54, 1.807) is 0 Å². The van der Waals surface area contributed by atoms with Gasteiger partial charge < -0.3 is 14.5 Å². The minimum atomic E-state index is 0.200. The van der Waals surface area contributed by atoms with Crippen molar-refractivity contribution < 1.29 is 9.53 Å². The van der Waals surface area contributed by atoms with E-state index in [9.17, 15) is 4.79 Å². The quantitative estimate of drug-likeness (QED) is 0.826. The van der Waals surface area contributed by atoms with Gasteiger partial charge in [0.05, 0.1) is 19.8 Å². The number of morpholine rings is 1. The van der Waals surface area contributed by atoms with Crippen LogP contribution in [0.3, 0.4) is 0 Å². The van der Waals surface area contributed by atoms with E-state index in [2.05, 4.69) is 34.1 Å². The smallest absolute Gasteiger partial charge is 0.236 e. The number of benzene rings is 1. The summed E-state index contributed by atoms with van der Waals surface area (Å²) >= 11 is 0. The predicted molar refractivity (Wildman–Crippen MR) is 96.2 cm³/mol. The van der Waals surface area contributed by atoms with Gasteiger partial charge in [0.2, 0.25) is 5.91 Å². The Bertz CT molecular complexity index is 520. The largest absolute Gasteiger partial charge is 0.378 e. The Kier molecular flexibility index (Phi) is 6.10. The molecule has 5 heteroatoms. The average Bonchev–Trinajstić information content (AvgIpc) is 2.64. The number of likely N-dealkylation sites (N-methyl/N-ethyl adjacent to an activating group) is 1. The minimum Gasteiger partial charge on any atom is -0.378 e. The lowest BCUT2D eigenvalue weighted by Crippen LogP contribution is -2.44. The maximum Gasteiger partial charge on any atom is 0.236 e. The summed E-state index contributed by atoms with van der Waals surface area (Å²) in [6, 6.07) is 8.83. The molecule has 0 atom stereocenters. The van der Waals surface area contributed by atoms with Crippen LogP contribution in [0.5, 0.6) is 0 Å². The van der Waals surface area contributed by atoms with E-state index in [1.807, 2.05) is 11.9 Å². The highest BCUT2D eigenvalue weighted by Crippen LogP contribution is 2.20. The fourth-order valence-corrected chi connectivity index (χ4v) is 3.48. The van der Waals surface area contributed by atoms with Crippen LogP contribution in [0.2, 0.25) is 0 Å². The zero-order valence-corrected chi connectivity index (χ0v) is 14.7. The minimum absolute atomic E-state index is 0.200. The zero-order chi connectivity index (χ0) is 16.8. The number of amides is 1. The molecule has 132 valence electrons. The van der Waals surface area contributed by atoms with Crippen molar-refractivity contribution >= 4 is 11.6 Å². The van der Waals surface area contributed by atoms with Gasteiger partial charge in [-0.2, -0.15) is 0 Å². The molecule has 1 aromatic carbocycles. The number of hydrogen-bond acceptors (Lipinski definition) is 4. The van der Waals surface area contributed by atoms with Gasteiger partial charge in [0.1, 0.15) is 0 Å². The van der Waals surface area contributed by atoms with Gasteiger partial charge in [-0.1, -0.05) is 12.1 Å². The Labute approximate surface area is 145 Å². The van der Waals surface area contributed by atoms with Crippen LogP contribution < -0.4 is 4.90 Å². The molecule has 0 aromatic heterocycles. The molecule has 3 rings (SSSR count). The van der Waals surface area contributed by atoms with E-state index in [1.165, 1.54) is 43.6 Å². The second-order valence-corrected chi connectivity index (χ2v) is 6.88. The molecule has 2 saturated heterocycles. The molecule has 0 aliphatic carbocycles. The number of carbonyl (C=O) groups is 1. The van der Waals surface area contributed by atoms with Crippen molar-refractivity contribution in [3.8, 4) is 0 Å². The van der Waals surface area contributed by atoms with E-state index in [4.69, 9.17) is 4.74 Å². The maximum atomic E-state index is 12.3. The van der Waals surface area contributed by atoms with E-state index in [0.29, 0.717) is 19.8 Å². The van der Waals surface area contributed by atoms with Crippen LogP contribution in [0.15, 0.2) is 24.3 Å². The Hall–Kier alpha value is -1.59. The Morgan fingerprint density at radius 3 is 2.38 bits per heavy atom. The van der Waals surface area contributed by atoms with Crippen molar-refractivity contribution in [1.29, 1.82) is 0 Å².